The number of aromatic nitrogens is 1. The number of phenols is 1. The molecule has 0 atom stereocenters. The van der Waals surface area contributed by atoms with Crippen molar-refractivity contribution in [3.8, 4) is 16.9 Å². The van der Waals surface area contributed by atoms with E-state index < -0.39 is 5.82 Å². The van der Waals surface area contributed by atoms with E-state index in [1.807, 2.05) is 19.0 Å². The van der Waals surface area contributed by atoms with E-state index in [1.165, 1.54) is 12.1 Å². The van der Waals surface area contributed by atoms with Gasteiger partial charge in [-0.25, -0.2) is 4.39 Å². The van der Waals surface area contributed by atoms with Gasteiger partial charge in [0.25, 0.3) is 5.91 Å². The number of halogens is 1. The summed E-state index contributed by atoms with van der Waals surface area (Å²) < 4.78 is 14.6. The molecule has 0 saturated carbocycles. The number of aromatic hydroxyl groups is 1. The summed E-state index contributed by atoms with van der Waals surface area (Å²) >= 11 is 0. The molecule has 3 aromatic rings. The van der Waals surface area contributed by atoms with Crippen LogP contribution in [0.15, 0.2) is 48.7 Å². The van der Waals surface area contributed by atoms with Crippen molar-refractivity contribution >= 4 is 16.8 Å². The molecule has 27 heavy (non-hydrogen) atoms. The number of nitrogens with zero attached hydrogens (tertiary/aromatic N) is 2. The number of nitrogens with one attached hydrogen (secondary N) is 1. The highest BCUT2D eigenvalue weighted by atomic mass is 19.1. The van der Waals surface area contributed by atoms with Crippen molar-refractivity contribution in [2.75, 3.05) is 27.2 Å². The molecular weight excluding hydrogens is 345 g/mol. The second-order valence-corrected chi connectivity index (χ2v) is 6.68. The van der Waals surface area contributed by atoms with Gasteiger partial charge < -0.3 is 15.3 Å². The Morgan fingerprint density at radius 3 is 2.78 bits per heavy atom. The molecule has 3 rings (SSSR count). The molecule has 1 heterocycles. The molecule has 0 bridgehead atoms. The average Bonchev–Trinajstić information content (AvgIpc) is 2.64. The molecule has 0 aliphatic carbocycles. The maximum Gasteiger partial charge on any atom is 0.251 e. The zero-order valence-electron chi connectivity index (χ0n) is 15.4. The summed E-state index contributed by atoms with van der Waals surface area (Å²) in [6.07, 6.45) is 2.41. The normalized spacial score (nSPS) is 11.1. The van der Waals surface area contributed by atoms with Crippen molar-refractivity contribution in [3.05, 3.63) is 60.0 Å². The molecule has 0 aliphatic heterocycles. The smallest absolute Gasteiger partial charge is 0.251 e. The minimum absolute atomic E-state index is 0.00906. The summed E-state index contributed by atoms with van der Waals surface area (Å²) in [6.45, 7) is 1.40. The van der Waals surface area contributed by atoms with Crippen molar-refractivity contribution in [1.82, 2.24) is 15.2 Å². The first kappa shape index (κ1) is 18.8. The molecule has 0 aliphatic rings. The largest absolute Gasteiger partial charge is 0.506 e. The Balaban J connectivity index is 1.80. The predicted octanol–water partition coefficient (Wildman–Crippen LogP) is 3.43. The number of pyridine rings is 1. The fourth-order valence-corrected chi connectivity index (χ4v) is 2.92. The van der Waals surface area contributed by atoms with E-state index in [1.54, 1.807) is 36.5 Å². The van der Waals surface area contributed by atoms with Gasteiger partial charge in [0.1, 0.15) is 17.1 Å². The molecule has 0 saturated heterocycles. The monoisotopic (exact) mass is 367 g/mol. The number of carbonyl (C=O) groups is 1. The zero-order valence-corrected chi connectivity index (χ0v) is 15.4. The van der Waals surface area contributed by atoms with Gasteiger partial charge in [-0.1, -0.05) is 12.1 Å². The van der Waals surface area contributed by atoms with Crippen molar-refractivity contribution in [1.29, 1.82) is 0 Å². The SMILES string of the molecule is CN(C)CCCNC(=O)c1ccc(-c2cc(O)c3ncccc3c2)c(F)c1. The molecule has 2 N–H and O–H groups in total. The van der Waals surface area contributed by atoms with Crippen LogP contribution in [0.2, 0.25) is 0 Å². The number of benzene rings is 2. The third kappa shape index (κ3) is 4.41. The predicted molar refractivity (Wildman–Crippen MR) is 104 cm³/mol. The van der Waals surface area contributed by atoms with Crippen LogP contribution in [0.4, 0.5) is 4.39 Å². The highest BCUT2D eigenvalue weighted by molar-refractivity contribution is 5.95. The number of carbonyl (C=O) groups excluding carboxylic acids is 1. The van der Waals surface area contributed by atoms with Gasteiger partial charge in [-0.3, -0.25) is 9.78 Å². The molecule has 5 nitrogen and oxygen atoms in total. The van der Waals surface area contributed by atoms with E-state index in [2.05, 4.69) is 10.3 Å². The van der Waals surface area contributed by atoms with E-state index >= 15 is 0 Å². The van der Waals surface area contributed by atoms with Crippen LogP contribution >= 0.6 is 0 Å². The standard InChI is InChI=1S/C21H22FN3O2/c1-25(2)10-4-9-24-21(27)15-6-7-17(18(22)12-15)16-11-14-5-3-8-23-20(14)19(26)13-16/h3,5-8,11-13,26H,4,9-10H2,1-2H3,(H,24,27). The fourth-order valence-electron chi connectivity index (χ4n) is 2.92. The number of phenolic OH excluding ortho intramolecular Hbond substituents is 1. The molecule has 0 unspecified atom stereocenters. The second-order valence-electron chi connectivity index (χ2n) is 6.68. The molecular formula is C21H22FN3O2. The molecule has 140 valence electrons. The fraction of sp³-hybridized carbons (Fsp3) is 0.238. The lowest BCUT2D eigenvalue weighted by Gasteiger charge is -2.11. The van der Waals surface area contributed by atoms with Crippen molar-refractivity contribution in [2.45, 2.75) is 6.42 Å². The molecule has 0 spiro atoms. The van der Waals surface area contributed by atoms with Gasteiger partial charge in [0.05, 0.1) is 0 Å². The lowest BCUT2D eigenvalue weighted by atomic mass is 10.0. The molecule has 6 heteroatoms. The van der Waals surface area contributed by atoms with E-state index in [0.29, 0.717) is 23.2 Å². The number of rotatable bonds is 6. The first-order valence-corrected chi connectivity index (χ1v) is 8.76. The zero-order chi connectivity index (χ0) is 19.4. The highest BCUT2D eigenvalue weighted by Crippen LogP contribution is 2.32. The van der Waals surface area contributed by atoms with Gasteiger partial charge in [0, 0.05) is 29.3 Å². The molecule has 0 fully saturated rings. The second kappa shape index (κ2) is 8.14. The van der Waals surface area contributed by atoms with Gasteiger partial charge in [0.2, 0.25) is 0 Å². The Bertz CT molecular complexity index is 973. The number of fused-ring (bicyclic) bond motifs is 1. The van der Waals surface area contributed by atoms with Crippen LogP contribution in [0.5, 0.6) is 5.75 Å². The van der Waals surface area contributed by atoms with Crippen LogP contribution in [0.3, 0.4) is 0 Å². The van der Waals surface area contributed by atoms with Crippen LogP contribution in [0, 0.1) is 5.82 Å². The first-order chi connectivity index (χ1) is 13.0. The van der Waals surface area contributed by atoms with Crippen molar-refractivity contribution in [2.24, 2.45) is 0 Å². The summed E-state index contributed by atoms with van der Waals surface area (Å²) in [5, 5.41) is 13.7. The van der Waals surface area contributed by atoms with Crippen LogP contribution in [0.25, 0.3) is 22.0 Å². The topological polar surface area (TPSA) is 65.5 Å². The molecule has 1 aromatic heterocycles. The summed E-state index contributed by atoms with van der Waals surface area (Å²) in [5.74, 6) is -0.825. The quantitative estimate of drug-likeness (QED) is 0.655. The van der Waals surface area contributed by atoms with Crippen molar-refractivity contribution < 1.29 is 14.3 Å². The third-order valence-corrected chi connectivity index (χ3v) is 4.29. The third-order valence-electron chi connectivity index (χ3n) is 4.29. The molecule has 2 aromatic carbocycles. The Kier molecular flexibility index (Phi) is 5.66. The van der Waals surface area contributed by atoms with Gasteiger partial charge in [-0.2, -0.15) is 0 Å². The summed E-state index contributed by atoms with van der Waals surface area (Å²) in [7, 11) is 3.94. The van der Waals surface area contributed by atoms with Gasteiger partial charge >= 0.3 is 0 Å². The van der Waals surface area contributed by atoms with Gasteiger partial charge in [-0.05, 0) is 63.0 Å². The lowest BCUT2D eigenvalue weighted by molar-refractivity contribution is 0.0952. The average molecular weight is 367 g/mol. The summed E-state index contributed by atoms with van der Waals surface area (Å²) in [4.78, 5) is 18.3. The van der Waals surface area contributed by atoms with Crippen LogP contribution in [-0.2, 0) is 0 Å². The molecule has 1 amide bonds. The minimum Gasteiger partial charge on any atom is -0.506 e. The lowest BCUT2D eigenvalue weighted by Crippen LogP contribution is -2.27. The Labute approximate surface area is 157 Å². The Hall–Kier alpha value is -2.99. The van der Waals surface area contributed by atoms with Crippen LogP contribution < -0.4 is 5.32 Å². The number of hydrogen-bond donors (Lipinski definition) is 2. The van der Waals surface area contributed by atoms with Crippen molar-refractivity contribution in [3.63, 3.8) is 0 Å². The molecule has 0 radical (unpaired) electrons. The maximum atomic E-state index is 14.6. The summed E-state index contributed by atoms with van der Waals surface area (Å²) in [5.41, 5.74) is 1.59. The van der Waals surface area contributed by atoms with Gasteiger partial charge in [0.15, 0.2) is 0 Å². The van der Waals surface area contributed by atoms with E-state index in [4.69, 9.17) is 0 Å². The Morgan fingerprint density at radius 2 is 2.04 bits per heavy atom. The van der Waals surface area contributed by atoms with E-state index in [9.17, 15) is 14.3 Å². The first-order valence-electron chi connectivity index (χ1n) is 8.76. The number of amides is 1. The highest BCUT2D eigenvalue weighted by Gasteiger charge is 2.13. The maximum absolute atomic E-state index is 14.6. The van der Waals surface area contributed by atoms with E-state index in [-0.39, 0.29) is 17.2 Å². The van der Waals surface area contributed by atoms with E-state index in [0.717, 1.165) is 18.4 Å². The number of hydrogen-bond acceptors (Lipinski definition) is 4. The Morgan fingerprint density at radius 1 is 1.22 bits per heavy atom. The minimum atomic E-state index is -0.515. The summed E-state index contributed by atoms with van der Waals surface area (Å²) in [6, 6.07) is 11.2. The van der Waals surface area contributed by atoms with Crippen LogP contribution in [0.1, 0.15) is 16.8 Å². The van der Waals surface area contributed by atoms with Gasteiger partial charge in [-0.15, -0.1) is 0 Å². The van der Waals surface area contributed by atoms with Crippen LogP contribution in [-0.4, -0.2) is 48.1 Å².